The van der Waals surface area contributed by atoms with E-state index in [1.54, 1.807) is 4.90 Å². The maximum Gasteiger partial charge on any atom is 0.328 e. The second-order valence-corrected chi connectivity index (χ2v) is 7.82. The van der Waals surface area contributed by atoms with Gasteiger partial charge in [0.15, 0.2) is 5.82 Å². The number of ether oxygens (including phenoxy) is 2. The van der Waals surface area contributed by atoms with Gasteiger partial charge in [-0.25, -0.2) is 9.78 Å². The number of hydrogen-bond donors (Lipinski definition) is 2. The molecule has 2 aromatic heterocycles. The maximum atomic E-state index is 13.3. The Morgan fingerprint density at radius 3 is 2.75 bits per heavy atom. The van der Waals surface area contributed by atoms with Gasteiger partial charge in [0.05, 0.1) is 25.6 Å². The van der Waals surface area contributed by atoms with Crippen molar-refractivity contribution in [2.75, 3.05) is 42.8 Å². The van der Waals surface area contributed by atoms with Crippen molar-refractivity contribution in [3.8, 4) is 23.1 Å². The Morgan fingerprint density at radius 2 is 2.00 bits per heavy atom. The average molecular weight is 455 g/mol. The van der Waals surface area contributed by atoms with Crippen LogP contribution in [0.15, 0.2) is 42.5 Å². The van der Waals surface area contributed by atoms with E-state index in [1.807, 2.05) is 36.4 Å². The summed E-state index contributed by atoms with van der Waals surface area (Å²) in [6.45, 7) is 3.25. The molecule has 2 amide bonds. The SMILES string of the molecule is COc1cc(NC(=O)N2C[C@H](C)CNc3ccc(-c4cccc(Cl)c4)nc32)nc(OC)n1. The number of hydrogen-bond acceptors (Lipinski definition) is 7. The third-order valence-electron chi connectivity index (χ3n) is 4.94. The Balaban J connectivity index is 1.69. The maximum absolute atomic E-state index is 13.3. The summed E-state index contributed by atoms with van der Waals surface area (Å²) < 4.78 is 10.3. The summed E-state index contributed by atoms with van der Waals surface area (Å²) in [4.78, 5) is 27.9. The number of benzene rings is 1. The van der Waals surface area contributed by atoms with Crippen LogP contribution in [-0.4, -0.2) is 48.3 Å². The highest BCUT2D eigenvalue weighted by Crippen LogP contribution is 2.32. The van der Waals surface area contributed by atoms with Crippen molar-refractivity contribution in [3.05, 3.63) is 47.5 Å². The highest BCUT2D eigenvalue weighted by molar-refractivity contribution is 6.30. The van der Waals surface area contributed by atoms with Gasteiger partial charge in [0.1, 0.15) is 5.82 Å². The Labute approximate surface area is 190 Å². The molecule has 10 heteroatoms. The number of nitrogens with one attached hydrogen (secondary N) is 2. The summed E-state index contributed by atoms with van der Waals surface area (Å²) in [5.41, 5.74) is 2.35. The zero-order valence-electron chi connectivity index (χ0n) is 17.9. The van der Waals surface area contributed by atoms with Gasteiger partial charge in [-0.15, -0.1) is 0 Å². The molecule has 166 valence electrons. The first-order valence-electron chi connectivity index (χ1n) is 10.0. The standard InChI is InChI=1S/C22H23ClN6O3/c1-13-11-24-17-8-7-16(14-5-4-6-15(23)9-14)25-20(17)29(12-13)22(30)27-18-10-19(31-2)28-21(26-18)32-3/h4-10,13,24H,11-12H2,1-3H3,(H,26,27,28,30)/t13-/m1/s1. The molecule has 0 bridgehead atoms. The van der Waals surface area contributed by atoms with Crippen LogP contribution < -0.4 is 25.0 Å². The van der Waals surface area contributed by atoms with Crippen LogP contribution in [-0.2, 0) is 0 Å². The van der Waals surface area contributed by atoms with Crippen LogP contribution in [0.1, 0.15) is 6.92 Å². The molecular formula is C22H23ClN6O3. The van der Waals surface area contributed by atoms with Crippen molar-refractivity contribution in [1.82, 2.24) is 15.0 Å². The summed E-state index contributed by atoms with van der Waals surface area (Å²) in [6.07, 6.45) is 0. The van der Waals surface area contributed by atoms with Crippen molar-refractivity contribution >= 4 is 35.0 Å². The topological polar surface area (TPSA) is 102 Å². The van der Waals surface area contributed by atoms with Gasteiger partial charge in [-0.2, -0.15) is 9.97 Å². The van der Waals surface area contributed by atoms with Crippen LogP contribution in [0.3, 0.4) is 0 Å². The first kappa shape index (κ1) is 21.6. The Kier molecular flexibility index (Phi) is 6.27. The molecule has 3 aromatic rings. The molecule has 32 heavy (non-hydrogen) atoms. The van der Waals surface area contributed by atoms with E-state index in [-0.39, 0.29) is 29.7 Å². The predicted octanol–water partition coefficient (Wildman–Crippen LogP) is 4.31. The molecule has 1 aliphatic heterocycles. The van der Waals surface area contributed by atoms with Gasteiger partial charge >= 0.3 is 12.0 Å². The molecule has 3 heterocycles. The lowest BCUT2D eigenvalue weighted by Crippen LogP contribution is -2.38. The fraction of sp³-hybridized carbons (Fsp3) is 0.273. The molecule has 0 saturated heterocycles. The molecule has 9 nitrogen and oxygen atoms in total. The molecular weight excluding hydrogens is 432 g/mol. The molecule has 2 N–H and O–H groups in total. The molecule has 0 fully saturated rings. The smallest absolute Gasteiger partial charge is 0.328 e. The number of urea groups is 1. The lowest BCUT2D eigenvalue weighted by atomic mass is 10.1. The van der Waals surface area contributed by atoms with Crippen LogP contribution in [0.2, 0.25) is 5.02 Å². The minimum absolute atomic E-state index is 0.0901. The van der Waals surface area contributed by atoms with Crippen molar-refractivity contribution in [3.63, 3.8) is 0 Å². The van der Waals surface area contributed by atoms with E-state index in [0.717, 1.165) is 11.3 Å². The molecule has 0 unspecified atom stereocenters. The van der Waals surface area contributed by atoms with Crippen LogP contribution in [0, 0.1) is 5.92 Å². The number of aromatic nitrogens is 3. The van der Waals surface area contributed by atoms with Crippen molar-refractivity contribution in [2.24, 2.45) is 5.92 Å². The van der Waals surface area contributed by atoms with Crippen LogP contribution in [0.4, 0.5) is 22.1 Å². The van der Waals surface area contributed by atoms with Gasteiger partial charge < -0.3 is 14.8 Å². The van der Waals surface area contributed by atoms with Gasteiger partial charge in [0.2, 0.25) is 5.88 Å². The zero-order chi connectivity index (χ0) is 22.7. The molecule has 0 saturated carbocycles. The number of carbonyl (C=O) groups excluding carboxylic acids is 1. The molecule has 0 radical (unpaired) electrons. The van der Waals surface area contributed by atoms with Crippen LogP contribution in [0.5, 0.6) is 11.9 Å². The molecule has 1 atom stereocenters. The summed E-state index contributed by atoms with van der Waals surface area (Å²) in [7, 11) is 2.92. The highest BCUT2D eigenvalue weighted by atomic mass is 35.5. The lowest BCUT2D eigenvalue weighted by Gasteiger charge is -2.23. The van der Waals surface area contributed by atoms with Crippen LogP contribution in [0.25, 0.3) is 11.3 Å². The summed E-state index contributed by atoms with van der Waals surface area (Å²) in [6, 6.07) is 12.5. The number of amides is 2. The van der Waals surface area contributed by atoms with Crippen LogP contribution >= 0.6 is 11.6 Å². The van der Waals surface area contributed by atoms with E-state index in [0.29, 0.717) is 29.6 Å². The minimum atomic E-state index is -0.375. The van der Waals surface area contributed by atoms with Crippen molar-refractivity contribution in [1.29, 1.82) is 0 Å². The van der Waals surface area contributed by atoms with Crippen molar-refractivity contribution in [2.45, 2.75) is 6.92 Å². The minimum Gasteiger partial charge on any atom is -0.481 e. The van der Waals surface area contributed by atoms with E-state index in [1.165, 1.54) is 20.3 Å². The van der Waals surface area contributed by atoms with Gasteiger partial charge in [-0.1, -0.05) is 30.7 Å². The number of fused-ring (bicyclic) bond motifs is 1. The normalized spacial score (nSPS) is 15.2. The largest absolute Gasteiger partial charge is 0.481 e. The van der Waals surface area contributed by atoms with Gasteiger partial charge in [-0.05, 0) is 30.2 Å². The third kappa shape index (κ3) is 4.67. The molecule has 1 aliphatic rings. The molecule has 1 aromatic carbocycles. The fourth-order valence-electron chi connectivity index (χ4n) is 3.37. The molecule has 4 rings (SSSR count). The van der Waals surface area contributed by atoms with E-state index in [9.17, 15) is 4.79 Å². The quantitative estimate of drug-likeness (QED) is 0.605. The average Bonchev–Trinajstić information content (AvgIpc) is 2.97. The van der Waals surface area contributed by atoms with Crippen molar-refractivity contribution < 1.29 is 14.3 Å². The first-order valence-corrected chi connectivity index (χ1v) is 10.4. The van der Waals surface area contributed by atoms with E-state index < -0.39 is 0 Å². The number of carbonyl (C=O) groups is 1. The zero-order valence-corrected chi connectivity index (χ0v) is 18.7. The monoisotopic (exact) mass is 454 g/mol. The van der Waals surface area contributed by atoms with Gasteiger partial charge in [0, 0.05) is 29.7 Å². The number of nitrogens with zero attached hydrogens (tertiary/aromatic N) is 4. The predicted molar refractivity (Wildman–Crippen MR) is 124 cm³/mol. The van der Waals surface area contributed by atoms with Gasteiger partial charge in [0.25, 0.3) is 0 Å². The van der Waals surface area contributed by atoms with E-state index >= 15 is 0 Å². The Morgan fingerprint density at radius 1 is 1.16 bits per heavy atom. The highest BCUT2D eigenvalue weighted by Gasteiger charge is 2.27. The molecule has 0 spiro atoms. The third-order valence-corrected chi connectivity index (χ3v) is 5.18. The van der Waals surface area contributed by atoms with E-state index in [2.05, 4.69) is 27.5 Å². The summed E-state index contributed by atoms with van der Waals surface area (Å²) in [5.74, 6) is 1.26. The molecule has 0 aliphatic carbocycles. The summed E-state index contributed by atoms with van der Waals surface area (Å²) >= 11 is 6.15. The lowest BCUT2D eigenvalue weighted by molar-refractivity contribution is 0.256. The van der Waals surface area contributed by atoms with Gasteiger partial charge in [-0.3, -0.25) is 10.2 Å². The summed E-state index contributed by atoms with van der Waals surface area (Å²) in [5, 5.41) is 6.80. The number of pyridine rings is 1. The number of halogens is 1. The number of rotatable bonds is 4. The van der Waals surface area contributed by atoms with E-state index in [4.69, 9.17) is 26.1 Å². The second kappa shape index (κ2) is 9.27. The second-order valence-electron chi connectivity index (χ2n) is 7.39. The fourth-order valence-corrected chi connectivity index (χ4v) is 3.56. The Bertz CT molecular complexity index is 1120. The Hall–Kier alpha value is -3.59. The first-order chi connectivity index (χ1) is 15.5. The number of methoxy groups -OCH3 is 2. The number of anilines is 3.